The number of benzene rings is 1. The molecule has 0 aromatic heterocycles. The van der Waals surface area contributed by atoms with E-state index in [9.17, 15) is 4.39 Å². The lowest BCUT2D eigenvalue weighted by molar-refractivity contribution is 0.322. The van der Waals surface area contributed by atoms with Gasteiger partial charge in [-0.05, 0) is 32.0 Å². The van der Waals surface area contributed by atoms with Crippen LogP contribution in [0.15, 0.2) is 18.2 Å². The van der Waals surface area contributed by atoms with Crippen molar-refractivity contribution in [2.75, 3.05) is 7.11 Å². The minimum atomic E-state index is -0.257. The molecule has 1 atom stereocenters. The highest BCUT2D eigenvalue weighted by atomic mass is 19.1. The molecule has 1 aromatic rings. The summed E-state index contributed by atoms with van der Waals surface area (Å²) in [6, 6.07) is 4.48. The normalized spacial score (nSPS) is 23.3. The highest BCUT2D eigenvalue weighted by Crippen LogP contribution is 2.51. The van der Waals surface area contributed by atoms with Crippen LogP contribution in [0.3, 0.4) is 0 Å². The topological polar surface area (TPSA) is 21.8 Å². The van der Waals surface area contributed by atoms with Crippen molar-refractivity contribution in [1.82, 2.24) is 0 Å². The van der Waals surface area contributed by atoms with Gasteiger partial charge in [-0.3, -0.25) is 0 Å². The van der Waals surface area contributed by atoms with E-state index in [1.807, 2.05) is 13.8 Å². The van der Waals surface area contributed by atoms with E-state index in [0.717, 1.165) is 5.56 Å². The van der Waals surface area contributed by atoms with Gasteiger partial charge < -0.3 is 9.47 Å². The third kappa shape index (κ3) is 1.48. The van der Waals surface area contributed by atoms with Crippen molar-refractivity contribution in [3.63, 3.8) is 0 Å². The van der Waals surface area contributed by atoms with Crippen LogP contribution < -0.4 is 4.74 Å². The summed E-state index contributed by atoms with van der Waals surface area (Å²) in [4.78, 5) is 0. The number of methoxy groups -OCH3 is 1. The van der Waals surface area contributed by atoms with Gasteiger partial charge in [-0.25, -0.2) is 4.39 Å². The number of epoxide rings is 1. The van der Waals surface area contributed by atoms with Crippen molar-refractivity contribution in [3.8, 4) is 5.75 Å². The molecule has 1 aliphatic heterocycles. The second-order valence-corrected chi connectivity index (χ2v) is 3.99. The van der Waals surface area contributed by atoms with Crippen LogP contribution in [0.25, 0.3) is 0 Å². The second-order valence-electron chi connectivity index (χ2n) is 3.99. The molecule has 0 spiro atoms. The van der Waals surface area contributed by atoms with E-state index in [4.69, 9.17) is 9.47 Å². The maximum absolute atomic E-state index is 13.0. The van der Waals surface area contributed by atoms with Gasteiger partial charge in [0.25, 0.3) is 0 Å². The molecule has 1 fully saturated rings. The maximum atomic E-state index is 13.0. The van der Waals surface area contributed by atoms with Gasteiger partial charge in [0, 0.05) is 5.56 Å². The van der Waals surface area contributed by atoms with Crippen molar-refractivity contribution in [2.24, 2.45) is 0 Å². The molecule has 0 aliphatic carbocycles. The highest BCUT2D eigenvalue weighted by Gasteiger charge is 2.50. The highest BCUT2D eigenvalue weighted by molar-refractivity contribution is 5.39. The summed E-state index contributed by atoms with van der Waals surface area (Å²) >= 11 is 0. The molecule has 1 aliphatic rings. The largest absolute Gasteiger partial charge is 0.496 e. The average Bonchev–Trinajstić information content (AvgIpc) is 2.75. The Morgan fingerprint density at radius 3 is 2.57 bits per heavy atom. The third-order valence-electron chi connectivity index (χ3n) is 2.47. The van der Waals surface area contributed by atoms with Crippen molar-refractivity contribution >= 4 is 0 Å². The fourth-order valence-electron chi connectivity index (χ4n) is 1.62. The number of hydrogen-bond acceptors (Lipinski definition) is 2. The lowest BCUT2D eigenvalue weighted by atomic mass is 10.0. The zero-order valence-corrected chi connectivity index (χ0v) is 8.50. The fourth-order valence-corrected chi connectivity index (χ4v) is 1.62. The molecule has 1 heterocycles. The number of ether oxygens (including phenoxy) is 2. The maximum Gasteiger partial charge on any atom is 0.124 e. The minimum Gasteiger partial charge on any atom is -0.496 e. The molecule has 1 saturated heterocycles. The molecule has 0 amide bonds. The zero-order chi connectivity index (χ0) is 10.3. The van der Waals surface area contributed by atoms with Crippen LogP contribution in [-0.2, 0) is 4.74 Å². The fraction of sp³-hybridized carbons (Fsp3) is 0.455. The first-order valence-corrected chi connectivity index (χ1v) is 4.56. The van der Waals surface area contributed by atoms with Crippen LogP contribution in [0.1, 0.15) is 25.5 Å². The molecule has 0 radical (unpaired) electrons. The predicted octanol–water partition coefficient (Wildman–Crippen LogP) is 2.68. The van der Waals surface area contributed by atoms with Crippen molar-refractivity contribution in [3.05, 3.63) is 29.6 Å². The molecule has 76 valence electrons. The lowest BCUT2D eigenvalue weighted by Crippen LogP contribution is -2.00. The molecular weight excluding hydrogens is 183 g/mol. The summed E-state index contributed by atoms with van der Waals surface area (Å²) in [6.07, 6.45) is -0.0480. The Balaban J connectivity index is 2.37. The number of hydrogen-bond donors (Lipinski definition) is 0. The quantitative estimate of drug-likeness (QED) is 0.678. The summed E-state index contributed by atoms with van der Waals surface area (Å²) < 4.78 is 23.6. The van der Waals surface area contributed by atoms with Gasteiger partial charge in [-0.2, -0.15) is 0 Å². The van der Waals surface area contributed by atoms with Crippen LogP contribution in [0.5, 0.6) is 5.75 Å². The first-order valence-electron chi connectivity index (χ1n) is 4.56. The first-order chi connectivity index (χ1) is 6.54. The van der Waals surface area contributed by atoms with Crippen molar-refractivity contribution < 1.29 is 13.9 Å². The van der Waals surface area contributed by atoms with Gasteiger partial charge in [0.05, 0.1) is 12.7 Å². The molecule has 1 unspecified atom stereocenters. The van der Waals surface area contributed by atoms with Gasteiger partial charge in [-0.15, -0.1) is 0 Å². The van der Waals surface area contributed by atoms with Crippen molar-refractivity contribution in [1.29, 1.82) is 0 Å². The molecule has 2 nitrogen and oxygen atoms in total. The van der Waals surface area contributed by atoms with E-state index < -0.39 is 0 Å². The molecular formula is C11H13FO2. The molecule has 0 saturated carbocycles. The van der Waals surface area contributed by atoms with E-state index in [2.05, 4.69) is 0 Å². The lowest BCUT2D eigenvalue weighted by Gasteiger charge is -2.06. The molecule has 2 rings (SSSR count). The zero-order valence-electron chi connectivity index (χ0n) is 8.50. The van der Waals surface area contributed by atoms with Crippen molar-refractivity contribution in [2.45, 2.75) is 25.6 Å². The van der Waals surface area contributed by atoms with Gasteiger partial charge in [0.15, 0.2) is 0 Å². The first kappa shape index (κ1) is 9.46. The van der Waals surface area contributed by atoms with Crippen LogP contribution in [-0.4, -0.2) is 12.7 Å². The Kier molecular flexibility index (Phi) is 2.00. The monoisotopic (exact) mass is 196 g/mol. The SMILES string of the molecule is COc1ccc(F)cc1C1OC1(C)C. The minimum absolute atomic E-state index is 0.0480. The summed E-state index contributed by atoms with van der Waals surface area (Å²) in [6.45, 7) is 3.95. The van der Waals surface area contributed by atoms with Crippen LogP contribution in [0, 0.1) is 5.82 Å². The molecule has 14 heavy (non-hydrogen) atoms. The summed E-state index contributed by atoms with van der Waals surface area (Å²) in [7, 11) is 1.58. The standard InChI is InChI=1S/C11H13FO2/c1-11(2)10(14-11)8-6-7(12)4-5-9(8)13-3/h4-6,10H,1-3H3. The molecule has 1 aromatic carbocycles. The summed E-state index contributed by atoms with van der Waals surface area (Å²) in [5.41, 5.74) is 0.596. The average molecular weight is 196 g/mol. The van der Waals surface area contributed by atoms with Gasteiger partial charge >= 0.3 is 0 Å². The van der Waals surface area contributed by atoms with E-state index in [1.54, 1.807) is 13.2 Å². The molecule has 0 N–H and O–H groups in total. The summed E-state index contributed by atoms with van der Waals surface area (Å²) in [5.74, 6) is 0.425. The third-order valence-corrected chi connectivity index (χ3v) is 2.47. The van der Waals surface area contributed by atoms with Gasteiger partial charge in [0.2, 0.25) is 0 Å². The van der Waals surface area contributed by atoms with Crippen LogP contribution in [0.2, 0.25) is 0 Å². The van der Waals surface area contributed by atoms with Gasteiger partial charge in [-0.1, -0.05) is 0 Å². The summed E-state index contributed by atoms with van der Waals surface area (Å²) in [5, 5.41) is 0. The Morgan fingerprint density at radius 2 is 2.07 bits per heavy atom. The molecule has 0 bridgehead atoms. The van der Waals surface area contributed by atoms with E-state index >= 15 is 0 Å². The predicted molar refractivity (Wildman–Crippen MR) is 50.9 cm³/mol. The number of rotatable bonds is 2. The van der Waals surface area contributed by atoms with E-state index in [0.29, 0.717) is 5.75 Å². The second kappa shape index (κ2) is 2.95. The molecule has 3 heteroatoms. The Labute approximate surface area is 82.6 Å². The Bertz CT molecular complexity index is 360. The number of halogens is 1. The van der Waals surface area contributed by atoms with E-state index in [-0.39, 0.29) is 17.5 Å². The Morgan fingerprint density at radius 1 is 1.43 bits per heavy atom. The Hall–Kier alpha value is -1.09. The van der Waals surface area contributed by atoms with E-state index in [1.165, 1.54) is 12.1 Å². The van der Waals surface area contributed by atoms with Crippen LogP contribution in [0.4, 0.5) is 4.39 Å². The smallest absolute Gasteiger partial charge is 0.124 e. The van der Waals surface area contributed by atoms with Gasteiger partial charge in [0.1, 0.15) is 17.7 Å². The van der Waals surface area contributed by atoms with Crippen LogP contribution >= 0.6 is 0 Å².